The molecule has 0 spiro atoms. The maximum Gasteiger partial charge on any atom is 0.180 e. The highest BCUT2D eigenvalue weighted by Crippen LogP contribution is 2.37. The van der Waals surface area contributed by atoms with Gasteiger partial charge in [0.05, 0.1) is 0 Å². The number of nitrogens with zero attached hydrogens (tertiary/aromatic N) is 4. The molecule has 4 aromatic heterocycles. The molecule has 0 atom stereocenters. The van der Waals surface area contributed by atoms with Gasteiger partial charge in [-0.2, -0.15) is 0 Å². The Bertz CT molecular complexity index is 4760. The lowest BCUT2D eigenvalue weighted by atomic mass is 9.56. The molecule has 32 heteroatoms. The van der Waals surface area contributed by atoms with Crippen molar-refractivity contribution in [2.24, 2.45) is 0 Å². The fourth-order valence-electron chi connectivity index (χ4n) is 11.6. The Morgan fingerprint density at radius 3 is 0.716 bits per heavy atom. The van der Waals surface area contributed by atoms with Gasteiger partial charge in [-0.15, -0.1) is 43.7 Å². The van der Waals surface area contributed by atoms with Gasteiger partial charge in [0.1, 0.15) is 250 Å². The van der Waals surface area contributed by atoms with Crippen molar-refractivity contribution in [2.75, 3.05) is 0 Å². The average molecular weight is 1050 g/mol. The Kier molecular flexibility index (Phi) is 15.4. The van der Waals surface area contributed by atoms with Crippen molar-refractivity contribution in [1.82, 2.24) is 19.9 Å². The van der Waals surface area contributed by atoms with Crippen LogP contribution in [0.1, 0.15) is 0 Å². The van der Waals surface area contributed by atoms with E-state index in [0.717, 1.165) is 0 Å². The second-order valence-corrected chi connectivity index (χ2v) is 20.9. The largest absolute Gasteiger partial charge is 0.452 e. The Hall–Kier alpha value is -6.79. The van der Waals surface area contributed by atoms with E-state index in [1.165, 1.54) is 12.7 Å². The van der Waals surface area contributed by atoms with Crippen LogP contribution in [0.3, 0.4) is 0 Å². The summed E-state index contributed by atoms with van der Waals surface area (Å²) < 4.78 is 13.0. The van der Waals surface area contributed by atoms with Gasteiger partial charge in [-0.05, 0) is 91.0 Å². The van der Waals surface area contributed by atoms with Crippen LogP contribution in [0.5, 0.6) is 0 Å². The minimum absolute atomic E-state index is 0.000217. The van der Waals surface area contributed by atoms with Crippen molar-refractivity contribution in [1.29, 1.82) is 0 Å². The minimum atomic E-state index is -0.137. The third-order valence-corrected chi connectivity index (χ3v) is 16.3. The second-order valence-electron chi connectivity index (χ2n) is 20.9. The van der Waals surface area contributed by atoms with Crippen molar-refractivity contribution >= 4 is 390 Å². The Labute approximate surface area is 542 Å². The van der Waals surface area contributed by atoms with Crippen molar-refractivity contribution in [3.63, 3.8) is 0 Å². The third-order valence-electron chi connectivity index (χ3n) is 16.3. The van der Waals surface area contributed by atoms with Crippen LogP contribution in [0.25, 0.3) is 122 Å². The summed E-state index contributed by atoms with van der Waals surface area (Å²) in [5, 5.41) is 0.904. The molecule has 12 rings (SSSR count). The molecule has 0 fully saturated rings. The highest BCUT2D eigenvalue weighted by Gasteiger charge is 2.29. The van der Waals surface area contributed by atoms with Crippen LogP contribution in [0.2, 0.25) is 0 Å². The van der Waals surface area contributed by atoms with Crippen LogP contribution < -0.4 is 142 Å². The molecule has 0 aliphatic rings. The molecule has 52 radical (unpaired) electrons. The highest BCUT2D eigenvalue weighted by molar-refractivity contribution is 6.74. The lowest BCUT2D eigenvalue weighted by Gasteiger charge is -2.28. The summed E-state index contributed by atoms with van der Waals surface area (Å²) in [5.41, 5.74) is 2.32. The van der Waals surface area contributed by atoms with Crippen molar-refractivity contribution in [3.8, 4) is 78.1 Å². The van der Waals surface area contributed by atoms with Gasteiger partial charge >= 0.3 is 0 Å². The molecule has 342 valence electrons. The minimum Gasteiger partial charge on any atom is -0.452 e. The molecule has 0 aliphatic carbocycles. The van der Waals surface area contributed by atoms with Crippen LogP contribution >= 0.6 is 0 Å². The zero-order valence-corrected chi connectivity index (χ0v) is 46.2. The van der Waals surface area contributed by atoms with Gasteiger partial charge in [0.2, 0.25) is 0 Å². The topological polar surface area (TPSA) is 77.8 Å². The first-order valence-electron chi connectivity index (χ1n) is 26.0. The number of furan rings is 2. The van der Waals surface area contributed by atoms with E-state index in [4.69, 9.17) is 213 Å². The predicted molar refractivity (Wildman–Crippen MR) is 390 cm³/mol. The van der Waals surface area contributed by atoms with Crippen LogP contribution in [0, 0.1) is 0 Å². The molecule has 6 nitrogen and oxygen atoms in total. The quantitative estimate of drug-likeness (QED) is 0.148. The molecule has 8 aromatic carbocycles. The van der Waals surface area contributed by atoms with Crippen LogP contribution in [0.4, 0.5) is 0 Å². The average Bonchev–Trinajstić information content (AvgIpc) is 1.27. The van der Waals surface area contributed by atoms with Crippen LogP contribution in [0.15, 0.2) is 57.9 Å². The first-order valence-corrected chi connectivity index (χ1v) is 26.0. The van der Waals surface area contributed by atoms with E-state index < -0.39 is 0 Å². The summed E-state index contributed by atoms with van der Waals surface area (Å²) in [7, 11) is 172. The zero-order valence-electron chi connectivity index (χ0n) is 46.2. The maximum absolute atomic E-state index is 7.20. The lowest BCUT2D eigenvalue weighted by molar-refractivity contribution is 0.667. The third kappa shape index (κ3) is 8.76. The summed E-state index contributed by atoms with van der Waals surface area (Å²) in [6.45, 7) is 0. The summed E-state index contributed by atoms with van der Waals surface area (Å²) in [6, 6.07) is 10.1. The molecular weight excluding hydrogens is 1040 g/mol. The number of hydrogen-bond acceptors (Lipinski definition) is 6. The number of hydrogen-bond donors (Lipinski definition) is 0. The van der Waals surface area contributed by atoms with E-state index in [2.05, 4.69) is 19.9 Å². The first-order chi connectivity index (χ1) is 41.5. The van der Waals surface area contributed by atoms with Gasteiger partial charge in [-0.1, -0.05) is 110 Å². The number of aromatic nitrogens is 4. The van der Waals surface area contributed by atoms with Gasteiger partial charge in [-0.3, -0.25) is 0 Å². The molecule has 0 N–H and O–H groups in total. The second kappa shape index (κ2) is 22.0. The van der Waals surface area contributed by atoms with Crippen LogP contribution in [-0.4, -0.2) is 224 Å². The highest BCUT2D eigenvalue weighted by atomic mass is 16.3. The van der Waals surface area contributed by atoms with Crippen LogP contribution in [-0.2, 0) is 0 Å². The maximum atomic E-state index is 7.20. The van der Waals surface area contributed by atoms with Gasteiger partial charge in [0.15, 0.2) is 11.2 Å². The molecule has 0 aliphatic heterocycles. The van der Waals surface area contributed by atoms with Crippen molar-refractivity contribution in [2.45, 2.75) is 0 Å². The Balaban J connectivity index is 0.982. The number of benzene rings is 8. The van der Waals surface area contributed by atoms with Crippen molar-refractivity contribution < 1.29 is 8.83 Å². The molecule has 0 unspecified atom stereocenters. The summed E-state index contributed by atoms with van der Waals surface area (Å²) in [6.07, 6.45) is 2.54. The first kappa shape index (κ1) is 61.4. The van der Waals surface area contributed by atoms with E-state index in [1.54, 1.807) is 36.4 Å². The number of rotatable bonds is 7. The summed E-state index contributed by atoms with van der Waals surface area (Å²) in [5.74, 6) is 0. The summed E-state index contributed by atoms with van der Waals surface area (Å²) in [4.78, 5) is 18.4. The van der Waals surface area contributed by atoms with E-state index in [-0.39, 0.29) is 231 Å². The van der Waals surface area contributed by atoms with E-state index in [9.17, 15) is 0 Å². The predicted octanol–water partition coefficient (Wildman–Crippen LogP) is -16.6. The normalized spacial score (nSPS) is 11.7. The SMILES string of the molecule is [B]c1c([B])c([B])c(-c2c([B])c([B])c(-c3ccc4oc5c(-c6c([B])c([B])c([B])c(-c7c([B])c([B])c([B])c(-c8ncnc9c8oc8ccc(-c%10c([B])c([B])c(-c%11c([B])c([B])c([B])c([B])c%11[B])c([B])c%10[B])cc89)c7[B])c6[B])ncnc5c4c3)c([B])c2[B])c([B])c1[B]. The standard InChI is InChI=1S/C56H8B26N4O2/c57-25-17(35(67)43(75)41(73)23(25)53-55-51(83-7-85-53)11-5-9(1-3-13(11)87-55)15-27(59)31(63)19(32(64)28(15)60)21-37(69)45(77)49(81)46(78)38(21)70)18-26(58)24(42(74)44(76)36(18)68)54-56-52(84-8-86-54)12-6-10(2-4-14(12)88-56)16-29(61)33(65)20(34(66)30(16)62)22-39(71)47(79)50(82)48(80)40(22)72/h1-8H. The van der Waals surface area contributed by atoms with Gasteiger partial charge in [0.25, 0.3) is 0 Å². The van der Waals surface area contributed by atoms with E-state index >= 15 is 0 Å². The molecule has 0 amide bonds. The van der Waals surface area contributed by atoms with E-state index in [0.29, 0.717) is 33.1 Å². The molecule has 4 heterocycles. The molecule has 0 saturated carbocycles. The molecule has 12 aromatic rings. The van der Waals surface area contributed by atoms with Gasteiger partial charge in [-0.25, -0.2) is 19.9 Å². The van der Waals surface area contributed by atoms with Gasteiger partial charge < -0.3 is 8.83 Å². The fourth-order valence-corrected chi connectivity index (χ4v) is 11.6. The van der Waals surface area contributed by atoms with Gasteiger partial charge in [0, 0.05) is 10.8 Å². The zero-order chi connectivity index (χ0) is 63.6. The lowest BCUT2D eigenvalue weighted by Crippen LogP contribution is -2.57. The Morgan fingerprint density at radius 1 is 0.216 bits per heavy atom. The summed E-state index contributed by atoms with van der Waals surface area (Å²) >= 11 is 0. The fraction of sp³-hybridized carbons (Fsp3) is 0. The molecule has 0 bridgehead atoms. The molecule has 0 saturated heterocycles. The molecule has 88 heavy (non-hydrogen) atoms. The smallest absolute Gasteiger partial charge is 0.180 e. The number of fused-ring (bicyclic) bond motifs is 6. The van der Waals surface area contributed by atoms with E-state index in [1.807, 2.05) is 0 Å². The van der Waals surface area contributed by atoms with Crippen molar-refractivity contribution in [3.05, 3.63) is 49.1 Å². The monoisotopic (exact) mass is 1050 g/mol. The Morgan fingerprint density at radius 2 is 0.432 bits per heavy atom. The molecular formula is C56H8B26N4O2.